The first-order valence-corrected chi connectivity index (χ1v) is 12.2. The first-order valence-electron chi connectivity index (χ1n) is 10.8. The molecule has 4 aromatic rings. The highest BCUT2D eigenvalue weighted by molar-refractivity contribution is 7.86. The fraction of sp³-hybridized carbons (Fsp3) is 0.143. The molecule has 0 aliphatic rings. The van der Waals surface area contributed by atoms with Gasteiger partial charge < -0.3 is 4.74 Å². The van der Waals surface area contributed by atoms with Gasteiger partial charge in [0.2, 0.25) is 0 Å². The average molecular weight is 459 g/mol. The van der Waals surface area contributed by atoms with Gasteiger partial charge in [-0.25, -0.2) is 0 Å². The zero-order valence-electron chi connectivity index (χ0n) is 18.4. The van der Waals surface area contributed by atoms with Gasteiger partial charge in [0, 0.05) is 0 Å². The van der Waals surface area contributed by atoms with Crippen molar-refractivity contribution in [2.45, 2.75) is 17.4 Å². The number of ether oxygens (including phenoxy) is 1. The molecule has 4 rings (SSSR count). The van der Waals surface area contributed by atoms with E-state index in [1.807, 2.05) is 97.9 Å². The predicted molar refractivity (Wildman–Crippen MR) is 129 cm³/mol. The van der Waals surface area contributed by atoms with E-state index in [0.717, 1.165) is 22.3 Å². The number of hydrogen-bond donors (Lipinski definition) is 0. The summed E-state index contributed by atoms with van der Waals surface area (Å²) in [5.74, 6) is 0. The molecule has 168 valence electrons. The molecule has 0 unspecified atom stereocenters. The van der Waals surface area contributed by atoms with Crippen molar-refractivity contribution in [3.63, 3.8) is 0 Å². The number of hydrogen-bond acceptors (Lipinski definition) is 4. The van der Waals surface area contributed by atoms with Crippen LogP contribution >= 0.6 is 0 Å². The third kappa shape index (κ3) is 5.06. The van der Waals surface area contributed by atoms with E-state index in [9.17, 15) is 8.42 Å². The van der Waals surface area contributed by atoms with Gasteiger partial charge in [0.15, 0.2) is 0 Å². The van der Waals surface area contributed by atoms with Gasteiger partial charge in [-0.2, -0.15) is 8.42 Å². The van der Waals surface area contributed by atoms with Gasteiger partial charge >= 0.3 is 0 Å². The summed E-state index contributed by atoms with van der Waals surface area (Å²) in [5.41, 5.74) is 2.91. The minimum atomic E-state index is -3.87. The molecule has 0 aliphatic carbocycles. The van der Waals surface area contributed by atoms with Crippen molar-refractivity contribution in [1.29, 1.82) is 0 Å². The Balaban J connectivity index is 1.64. The molecule has 33 heavy (non-hydrogen) atoms. The molecule has 4 nitrogen and oxygen atoms in total. The zero-order chi connectivity index (χ0) is 23.2. The molecule has 0 amide bonds. The van der Waals surface area contributed by atoms with Crippen LogP contribution in [0.5, 0.6) is 0 Å². The van der Waals surface area contributed by atoms with E-state index in [4.69, 9.17) is 8.92 Å². The van der Waals surface area contributed by atoms with Crippen molar-refractivity contribution in [1.82, 2.24) is 0 Å². The van der Waals surface area contributed by atoms with E-state index in [0.29, 0.717) is 0 Å². The maximum absolute atomic E-state index is 12.6. The Morgan fingerprint density at radius 3 is 1.45 bits per heavy atom. The smallest absolute Gasteiger partial charge is 0.297 e. The Morgan fingerprint density at radius 2 is 1.03 bits per heavy atom. The highest BCUT2D eigenvalue weighted by Crippen LogP contribution is 2.40. The summed E-state index contributed by atoms with van der Waals surface area (Å²) < 4.78 is 37.1. The van der Waals surface area contributed by atoms with Crippen LogP contribution in [0.15, 0.2) is 120 Å². The largest absolute Gasteiger partial charge is 0.358 e. The van der Waals surface area contributed by atoms with E-state index >= 15 is 0 Å². The lowest BCUT2D eigenvalue weighted by atomic mass is 9.80. The Bertz CT molecular complexity index is 1160. The molecule has 0 radical (unpaired) electrons. The van der Waals surface area contributed by atoms with E-state index in [1.165, 1.54) is 0 Å². The summed E-state index contributed by atoms with van der Waals surface area (Å²) >= 11 is 0. The Morgan fingerprint density at radius 1 is 0.606 bits per heavy atom. The van der Waals surface area contributed by atoms with Gasteiger partial charge in [0.05, 0.1) is 18.1 Å². The molecule has 0 aromatic heterocycles. The van der Waals surface area contributed by atoms with E-state index in [1.54, 1.807) is 24.3 Å². The summed E-state index contributed by atoms with van der Waals surface area (Å²) in [6.07, 6.45) is 0. The highest BCUT2D eigenvalue weighted by Gasteiger charge is 2.37. The topological polar surface area (TPSA) is 52.6 Å². The summed E-state index contributed by atoms with van der Waals surface area (Å²) in [7, 11) is -3.87. The van der Waals surface area contributed by atoms with Crippen LogP contribution in [0.4, 0.5) is 0 Å². The van der Waals surface area contributed by atoms with Crippen molar-refractivity contribution < 1.29 is 17.3 Å². The van der Waals surface area contributed by atoms with E-state index in [2.05, 4.69) is 0 Å². The Kier molecular flexibility index (Phi) is 7.04. The molecule has 0 bridgehead atoms. The van der Waals surface area contributed by atoms with Crippen LogP contribution in [0.2, 0.25) is 0 Å². The molecule has 0 N–H and O–H groups in total. The normalized spacial score (nSPS) is 11.9. The van der Waals surface area contributed by atoms with Gasteiger partial charge in [-0.1, -0.05) is 109 Å². The molecule has 0 heterocycles. The molecule has 0 aliphatic heterocycles. The SMILES string of the molecule is Cc1ccc(S(=O)(=O)OCCOC(c2ccccc2)(c2ccccc2)c2ccccc2)cc1. The van der Waals surface area contributed by atoms with Crippen molar-refractivity contribution in [3.05, 3.63) is 138 Å². The van der Waals surface area contributed by atoms with Crippen LogP contribution < -0.4 is 0 Å². The lowest BCUT2D eigenvalue weighted by Crippen LogP contribution is -2.34. The van der Waals surface area contributed by atoms with Gasteiger partial charge in [-0.3, -0.25) is 4.18 Å². The zero-order valence-corrected chi connectivity index (χ0v) is 19.2. The molecule has 0 atom stereocenters. The van der Waals surface area contributed by atoms with Crippen LogP contribution in [-0.4, -0.2) is 21.6 Å². The number of benzene rings is 4. The van der Waals surface area contributed by atoms with E-state index < -0.39 is 15.7 Å². The van der Waals surface area contributed by atoms with Crippen LogP contribution in [0.25, 0.3) is 0 Å². The minimum absolute atomic E-state index is 0.0732. The Hall–Kier alpha value is -3.25. The second-order valence-electron chi connectivity index (χ2n) is 7.72. The molecular weight excluding hydrogens is 432 g/mol. The maximum Gasteiger partial charge on any atom is 0.297 e. The molecule has 5 heteroatoms. The molecule has 0 saturated carbocycles. The van der Waals surface area contributed by atoms with Crippen LogP contribution in [0, 0.1) is 6.92 Å². The summed E-state index contributed by atoms with van der Waals surface area (Å²) in [5, 5.41) is 0. The molecular formula is C28H26O4S. The quantitative estimate of drug-likeness (QED) is 0.183. The molecule has 0 spiro atoms. The van der Waals surface area contributed by atoms with Crippen molar-refractivity contribution in [2.75, 3.05) is 13.2 Å². The first kappa shape index (κ1) is 22.9. The average Bonchev–Trinajstić information content (AvgIpc) is 2.86. The predicted octanol–water partition coefficient (Wildman–Crippen LogP) is 5.71. The minimum Gasteiger partial charge on any atom is -0.358 e. The second-order valence-corrected chi connectivity index (χ2v) is 9.33. The highest BCUT2D eigenvalue weighted by atomic mass is 32.2. The molecule has 0 fully saturated rings. The summed E-state index contributed by atoms with van der Waals surface area (Å²) in [6.45, 7) is 1.87. The summed E-state index contributed by atoms with van der Waals surface area (Å²) in [6, 6.07) is 36.4. The fourth-order valence-corrected chi connectivity index (χ4v) is 4.77. The van der Waals surface area contributed by atoms with Gasteiger partial charge in [0.1, 0.15) is 5.60 Å². The third-order valence-electron chi connectivity index (χ3n) is 5.49. The second kappa shape index (κ2) is 10.1. The monoisotopic (exact) mass is 458 g/mol. The molecule has 4 aromatic carbocycles. The van der Waals surface area contributed by atoms with Crippen molar-refractivity contribution in [3.8, 4) is 0 Å². The van der Waals surface area contributed by atoms with Gasteiger partial charge in [-0.15, -0.1) is 0 Å². The van der Waals surface area contributed by atoms with Crippen LogP contribution in [0.1, 0.15) is 22.3 Å². The van der Waals surface area contributed by atoms with Crippen LogP contribution in [0.3, 0.4) is 0 Å². The Labute approximate surface area is 195 Å². The maximum atomic E-state index is 12.6. The van der Waals surface area contributed by atoms with Crippen molar-refractivity contribution >= 4 is 10.1 Å². The summed E-state index contributed by atoms with van der Waals surface area (Å²) in [4.78, 5) is 0.133. The van der Waals surface area contributed by atoms with Gasteiger partial charge in [-0.05, 0) is 35.7 Å². The third-order valence-corrected chi connectivity index (χ3v) is 6.82. The standard InChI is InChI=1S/C28H26O4S/c1-23-17-19-27(20-18-23)33(29,30)32-22-21-31-28(24-11-5-2-6-12-24,25-13-7-3-8-14-25)26-15-9-4-10-16-26/h2-20H,21-22H2,1H3. The lowest BCUT2D eigenvalue weighted by molar-refractivity contribution is -0.00155. The van der Waals surface area contributed by atoms with E-state index in [-0.39, 0.29) is 18.1 Å². The fourth-order valence-electron chi connectivity index (χ4n) is 3.88. The molecule has 0 saturated heterocycles. The first-order chi connectivity index (χ1) is 16.0. The lowest BCUT2D eigenvalue weighted by Gasteiger charge is -2.36. The van der Waals surface area contributed by atoms with Gasteiger partial charge in [0.25, 0.3) is 10.1 Å². The van der Waals surface area contributed by atoms with Crippen LogP contribution in [-0.2, 0) is 24.6 Å². The number of rotatable bonds is 9. The van der Waals surface area contributed by atoms with Crippen molar-refractivity contribution in [2.24, 2.45) is 0 Å². The number of aryl methyl sites for hydroxylation is 1.